The van der Waals surface area contributed by atoms with Crippen molar-refractivity contribution in [2.24, 2.45) is 0 Å². The van der Waals surface area contributed by atoms with Gasteiger partial charge in [-0.25, -0.2) is 0 Å². The summed E-state index contributed by atoms with van der Waals surface area (Å²) in [5, 5.41) is 9.20. The fourth-order valence-electron chi connectivity index (χ4n) is 1.39. The normalized spacial score (nSPS) is 13.9. The van der Waals surface area contributed by atoms with Crippen molar-refractivity contribution in [2.75, 3.05) is 0 Å². The summed E-state index contributed by atoms with van der Waals surface area (Å²) in [6, 6.07) is 4.50. The molecule has 0 aliphatic carbocycles. The van der Waals surface area contributed by atoms with Gasteiger partial charge in [-0.15, -0.1) is 0 Å². The summed E-state index contributed by atoms with van der Waals surface area (Å²) in [5.41, 5.74) is 1.35. The second-order valence-electron chi connectivity index (χ2n) is 3.44. The van der Waals surface area contributed by atoms with Crippen molar-refractivity contribution in [3.05, 3.63) is 35.1 Å². The van der Waals surface area contributed by atoms with Gasteiger partial charge in [0.25, 0.3) is 0 Å². The van der Waals surface area contributed by atoms with E-state index in [1.807, 2.05) is 13.8 Å². The molecular weight excluding hydrogens is 180 g/mol. The summed E-state index contributed by atoms with van der Waals surface area (Å²) < 4.78 is 5.33. The highest BCUT2D eigenvalue weighted by Crippen LogP contribution is 2.34. The van der Waals surface area contributed by atoms with Crippen LogP contribution in [0.15, 0.2) is 29.5 Å². The molecule has 1 aliphatic rings. The van der Waals surface area contributed by atoms with Gasteiger partial charge in [0.1, 0.15) is 11.5 Å². The number of aromatic hydroxyl groups is 1. The fraction of sp³-hybridized carbons (Fsp3) is 0.182. The molecule has 0 atom stereocenters. The minimum Gasteiger partial charge on any atom is -0.508 e. The summed E-state index contributed by atoms with van der Waals surface area (Å²) in [4.78, 5) is 11.7. The van der Waals surface area contributed by atoms with Gasteiger partial charge in [0, 0.05) is 6.07 Å². The lowest BCUT2D eigenvalue weighted by Crippen LogP contribution is -2.00. The summed E-state index contributed by atoms with van der Waals surface area (Å²) in [7, 11) is 0. The molecule has 3 nitrogen and oxygen atoms in total. The quantitative estimate of drug-likeness (QED) is 0.638. The third-order valence-electron chi connectivity index (χ3n) is 2.08. The van der Waals surface area contributed by atoms with E-state index in [2.05, 4.69) is 0 Å². The van der Waals surface area contributed by atoms with E-state index < -0.39 is 0 Å². The van der Waals surface area contributed by atoms with Gasteiger partial charge in [-0.3, -0.25) is 4.79 Å². The number of phenolic OH excluding ortho intramolecular Hbond substituents is 1. The SMILES string of the molecule is CC(C)=C1Oc2cc(O)ccc2C1=O. The Bertz CT molecular complexity index is 440. The van der Waals surface area contributed by atoms with E-state index in [9.17, 15) is 9.90 Å². The maximum absolute atomic E-state index is 11.7. The molecule has 2 rings (SSSR count). The number of carbonyl (C=O) groups excluding carboxylic acids is 1. The predicted octanol–water partition coefficient (Wildman–Crippen LogP) is 2.26. The second-order valence-corrected chi connectivity index (χ2v) is 3.44. The third kappa shape index (κ3) is 1.18. The minimum atomic E-state index is -0.111. The lowest BCUT2D eigenvalue weighted by molar-refractivity contribution is 0.101. The number of carbonyl (C=O) groups is 1. The molecular formula is C11H10O3. The first-order chi connectivity index (χ1) is 6.59. The topological polar surface area (TPSA) is 46.5 Å². The van der Waals surface area contributed by atoms with Crippen LogP contribution >= 0.6 is 0 Å². The van der Waals surface area contributed by atoms with Gasteiger partial charge >= 0.3 is 0 Å². The third-order valence-corrected chi connectivity index (χ3v) is 2.08. The van der Waals surface area contributed by atoms with E-state index in [-0.39, 0.29) is 11.5 Å². The Hall–Kier alpha value is -1.77. The first-order valence-corrected chi connectivity index (χ1v) is 4.32. The number of ketones is 1. The Morgan fingerprint density at radius 1 is 1.36 bits per heavy atom. The molecule has 1 heterocycles. The van der Waals surface area contributed by atoms with E-state index in [1.54, 1.807) is 6.07 Å². The molecule has 0 fully saturated rings. The number of fused-ring (bicyclic) bond motifs is 1. The minimum absolute atomic E-state index is 0.103. The number of benzene rings is 1. The number of Topliss-reactive ketones (excluding diaryl/α,β-unsaturated/α-hetero) is 1. The van der Waals surface area contributed by atoms with Crippen LogP contribution in [0.2, 0.25) is 0 Å². The van der Waals surface area contributed by atoms with Crippen LogP contribution in [-0.4, -0.2) is 10.9 Å². The zero-order valence-corrected chi connectivity index (χ0v) is 8.00. The monoisotopic (exact) mass is 190 g/mol. The van der Waals surface area contributed by atoms with Crippen LogP contribution in [0.3, 0.4) is 0 Å². The highest BCUT2D eigenvalue weighted by atomic mass is 16.5. The van der Waals surface area contributed by atoms with Crippen molar-refractivity contribution in [3.63, 3.8) is 0 Å². The molecule has 0 radical (unpaired) electrons. The molecule has 72 valence electrons. The first kappa shape index (κ1) is 8.81. The van der Waals surface area contributed by atoms with Crippen LogP contribution in [0.1, 0.15) is 24.2 Å². The van der Waals surface area contributed by atoms with Crippen molar-refractivity contribution < 1.29 is 14.6 Å². The summed E-state index contributed by atoms with van der Waals surface area (Å²) in [6.45, 7) is 3.64. The molecule has 1 aromatic carbocycles. The Morgan fingerprint density at radius 2 is 2.07 bits per heavy atom. The first-order valence-electron chi connectivity index (χ1n) is 4.32. The maximum atomic E-state index is 11.7. The predicted molar refractivity (Wildman–Crippen MR) is 51.4 cm³/mol. The number of rotatable bonds is 0. The molecule has 1 aromatic rings. The smallest absolute Gasteiger partial charge is 0.231 e. The Labute approximate surface area is 81.6 Å². The van der Waals surface area contributed by atoms with Crippen LogP contribution in [0.4, 0.5) is 0 Å². The van der Waals surface area contributed by atoms with E-state index in [0.29, 0.717) is 17.1 Å². The van der Waals surface area contributed by atoms with Gasteiger partial charge in [-0.1, -0.05) is 0 Å². The van der Waals surface area contributed by atoms with Crippen LogP contribution < -0.4 is 4.74 Å². The van der Waals surface area contributed by atoms with Crippen molar-refractivity contribution in [1.82, 2.24) is 0 Å². The van der Waals surface area contributed by atoms with Gasteiger partial charge in [-0.05, 0) is 31.6 Å². The highest BCUT2D eigenvalue weighted by molar-refractivity contribution is 6.12. The molecule has 0 aromatic heterocycles. The molecule has 1 N–H and O–H groups in total. The number of hydrogen-bond acceptors (Lipinski definition) is 3. The Kier molecular flexibility index (Phi) is 1.81. The van der Waals surface area contributed by atoms with Gasteiger partial charge in [-0.2, -0.15) is 0 Å². The van der Waals surface area contributed by atoms with Crippen LogP contribution in [-0.2, 0) is 0 Å². The largest absolute Gasteiger partial charge is 0.508 e. The summed E-state index contributed by atoms with van der Waals surface area (Å²) in [5.74, 6) is 0.795. The van der Waals surface area contributed by atoms with Crippen LogP contribution in [0, 0.1) is 0 Å². The summed E-state index contributed by atoms with van der Waals surface area (Å²) >= 11 is 0. The number of allylic oxidation sites excluding steroid dienone is 2. The lowest BCUT2D eigenvalue weighted by Gasteiger charge is -1.99. The fourth-order valence-corrected chi connectivity index (χ4v) is 1.39. The highest BCUT2D eigenvalue weighted by Gasteiger charge is 2.28. The van der Waals surface area contributed by atoms with Gasteiger partial charge in [0.2, 0.25) is 5.78 Å². The van der Waals surface area contributed by atoms with Gasteiger partial charge in [0.15, 0.2) is 5.76 Å². The van der Waals surface area contributed by atoms with Crippen molar-refractivity contribution in [2.45, 2.75) is 13.8 Å². The molecule has 0 saturated carbocycles. The number of hydrogen-bond donors (Lipinski definition) is 1. The molecule has 3 heteroatoms. The molecule has 0 spiro atoms. The zero-order chi connectivity index (χ0) is 10.3. The van der Waals surface area contributed by atoms with E-state index >= 15 is 0 Å². The number of phenols is 1. The maximum Gasteiger partial charge on any atom is 0.231 e. The average Bonchev–Trinajstić information content (AvgIpc) is 2.43. The van der Waals surface area contributed by atoms with Crippen molar-refractivity contribution in [1.29, 1.82) is 0 Å². The van der Waals surface area contributed by atoms with E-state index in [1.165, 1.54) is 12.1 Å². The standard InChI is InChI=1S/C11H10O3/c1-6(2)11-10(13)8-4-3-7(12)5-9(8)14-11/h3-5,12H,1-2H3. The second kappa shape index (κ2) is 2.87. The average molecular weight is 190 g/mol. The van der Waals surface area contributed by atoms with Crippen LogP contribution in [0.5, 0.6) is 11.5 Å². The molecule has 0 bridgehead atoms. The molecule has 0 saturated heterocycles. The lowest BCUT2D eigenvalue weighted by atomic mass is 10.1. The molecule has 1 aliphatic heterocycles. The Morgan fingerprint density at radius 3 is 2.71 bits per heavy atom. The molecule has 0 unspecified atom stereocenters. The Balaban J connectivity index is 2.57. The van der Waals surface area contributed by atoms with Crippen molar-refractivity contribution >= 4 is 5.78 Å². The summed E-state index contributed by atoms with van der Waals surface area (Å²) in [6.07, 6.45) is 0. The van der Waals surface area contributed by atoms with Gasteiger partial charge < -0.3 is 9.84 Å². The van der Waals surface area contributed by atoms with E-state index in [0.717, 1.165) is 5.57 Å². The van der Waals surface area contributed by atoms with Crippen LogP contribution in [0.25, 0.3) is 0 Å². The number of ether oxygens (including phenoxy) is 1. The zero-order valence-electron chi connectivity index (χ0n) is 8.00. The van der Waals surface area contributed by atoms with E-state index in [4.69, 9.17) is 4.74 Å². The molecule has 14 heavy (non-hydrogen) atoms. The van der Waals surface area contributed by atoms with Gasteiger partial charge in [0.05, 0.1) is 5.56 Å². The molecule has 0 amide bonds. The van der Waals surface area contributed by atoms with Crippen molar-refractivity contribution in [3.8, 4) is 11.5 Å².